The summed E-state index contributed by atoms with van der Waals surface area (Å²) < 4.78 is 26.7. The van der Waals surface area contributed by atoms with Gasteiger partial charge in [-0.15, -0.1) is 0 Å². The van der Waals surface area contributed by atoms with Crippen LogP contribution in [-0.2, 0) is 22.1 Å². The van der Waals surface area contributed by atoms with Crippen molar-refractivity contribution in [2.24, 2.45) is 0 Å². The highest BCUT2D eigenvalue weighted by atomic mass is 35.5. The lowest BCUT2D eigenvalue weighted by Gasteiger charge is -2.09. The summed E-state index contributed by atoms with van der Waals surface area (Å²) in [7, 11) is -3.50. The van der Waals surface area contributed by atoms with Gasteiger partial charge in [0.25, 0.3) is 0 Å². The molecule has 1 aromatic heterocycles. The molecule has 0 fully saturated rings. The molecule has 2 aromatic rings. The number of nitrogens with two attached hydrogens (primary N) is 1. The Morgan fingerprint density at radius 1 is 1.33 bits per heavy atom. The summed E-state index contributed by atoms with van der Waals surface area (Å²) in [6, 6.07) is 4.70. The first-order valence-electron chi connectivity index (χ1n) is 6.57. The first-order valence-corrected chi connectivity index (χ1v) is 8.60. The topological polar surface area (TPSA) is 78.0 Å². The first-order chi connectivity index (χ1) is 9.76. The normalized spacial score (nSPS) is 11.8. The molecule has 0 amide bonds. The van der Waals surface area contributed by atoms with Crippen molar-refractivity contribution in [3.05, 3.63) is 40.2 Å². The minimum atomic E-state index is -3.50. The van der Waals surface area contributed by atoms with Crippen LogP contribution in [0, 0.1) is 13.8 Å². The number of anilines is 1. The summed E-state index contributed by atoms with van der Waals surface area (Å²) in [4.78, 5) is 0.242. The van der Waals surface area contributed by atoms with Crippen LogP contribution in [0.3, 0.4) is 0 Å². The molecule has 0 unspecified atom stereocenters. The molecule has 0 spiro atoms. The number of hydrogen-bond acceptors (Lipinski definition) is 4. The molecule has 5 nitrogen and oxygen atoms in total. The van der Waals surface area contributed by atoms with Crippen LogP contribution < -0.4 is 5.73 Å². The number of nitrogen functional groups attached to an aromatic ring is 1. The second kappa shape index (κ2) is 5.69. The van der Waals surface area contributed by atoms with E-state index >= 15 is 0 Å². The number of rotatable bonds is 4. The fraction of sp³-hybridized carbons (Fsp3) is 0.357. The van der Waals surface area contributed by atoms with E-state index in [1.54, 1.807) is 30.7 Å². The standard InChI is InChI=1S/C14H18ClN3O2S/c1-4-18-13(14(15)10(3)17-18)8-21(19,20)11-5-6-12(16)9(2)7-11/h5-7H,4,8,16H2,1-3H3. The summed E-state index contributed by atoms with van der Waals surface area (Å²) in [6.45, 7) is 6.01. The van der Waals surface area contributed by atoms with E-state index in [1.165, 1.54) is 6.07 Å². The molecule has 1 heterocycles. The largest absolute Gasteiger partial charge is 0.399 e. The van der Waals surface area contributed by atoms with Gasteiger partial charge >= 0.3 is 0 Å². The quantitative estimate of drug-likeness (QED) is 0.876. The Labute approximate surface area is 129 Å². The van der Waals surface area contributed by atoms with Crippen LogP contribution in [0.5, 0.6) is 0 Å². The number of hydrogen-bond donors (Lipinski definition) is 1. The van der Waals surface area contributed by atoms with Crippen molar-refractivity contribution in [2.75, 3.05) is 5.73 Å². The van der Waals surface area contributed by atoms with E-state index in [0.717, 1.165) is 5.56 Å². The zero-order valence-corrected chi connectivity index (χ0v) is 13.8. The molecule has 0 aliphatic heterocycles. The highest BCUT2D eigenvalue weighted by molar-refractivity contribution is 7.90. The molecule has 21 heavy (non-hydrogen) atoms. The summed E-state index contributed by atoms with van der Waals surface area (Å²) >= 11 is 6.17. The number of halogens is 1. The second-order valence-corrected chi connectivity index (χ2v) is 7.31. The molecular formula is C14H18ClN3O2S. The Bertz CT molecular complexity index is 782. The van der Waals surface area contributed by atoms with E-state index in [9.17, 15) is 8.42 Å². The molecule has 0 saturated heterocycles. The summed E-state index contributed by atoms with van der Waals surface area (Å²) in [5.41, 5.74) is 8.19. The molecule has 0 atom stereocenters. The van der Waals surface area contributed by atoms with Crippen LogP contribution >= 0.6 is 11.6 Å². The highest BCUT2D eigenvalue weighted by Crippen LogP contribution is 2.26. The third-order valence-corrected chi connectivity index (χ3v) is 5.50. The van der Waals surface area contributed by atoms with Gasteiger partial charge in [-0.2, -0.15) is 5.10 Å². The molecule has 0 radical (unpaired) electrons. The number of aryl methyl sites for hydroxylation is 3. The molecule has 2 N–H and O–H groups in total. The van der Waals surface area contributed by atoms with Crippen molar-refractivity contribution in [2.45, 2.75) is 38.0 Å². The lowest BCUT2D eigenvalue weighted by atomic mass is 10.2. The summed E-state index contributed by atoms with van der Waals surface area (Å²) in [5, 5.41) is 4.65. The van der Waals surface area contributed by atoms with Crippen molar-refractivity contribution in [1.82, 2.24) is 9.78 Å². The van der Waals surface area contributed by atoms with Crippen LogP contribution in [0.15, 0.2) is 23.1 Å². The van der Waals surface area contributed by atoms with E-state index < -0.39 is 9.84 Å². The van der Waals surface area contributed by atoms with Crippen LogP contribution in [0.25, 0.3) is 0 Å². The van der Waals surface area contributed by atoms with Gasteiger partial charge in [0.2, 0.25) is 0 Å². The fourth-order valence-electron chi connectivity index (χ4n) is 2.11. The summed E-state index contributed by atoms with van der Waals surface area (Å²) in [5.74, 6) is -0.177. The van der Waals surface area contributed by atoms with Gasteiger partial charge in [0.1, 0.15) is 0 Å². The Balaban J connectivity index is 2.44. The molecular weight excluding hydrogens is 310 g/mol. The molecule has 2 rings (SSSR count). The molecule has 1 aromatic carbocycles. The fourth-order valence-corrected chi connectivity index (χ4v) is 3.84. The average molecular weight is 328 g/mol. The van der Waals surface area contributed by atoms with Gasteiger partial charge in [-0.25, -0.2) is 8.42 Å². The van der Waals surface area contributed by atoms with Crippen LogP contribution in [-0.4, -0.2) is 18.2 Å². The Kier molecular flexibility index (Phi) is 4.30. The zero-order valence-electron chi connectivity index (χ0n) is 12.2. The van der Waals surface area contributed by atoms with Crippen LogP contribution in [0.2, 0.25) is 5.02 Å². The van der Waals surface area contributed by atoms with Crippen molar-refractivity contribution < 1.29 is 8.42 Å². The van der Waals surface area contributed by atoms with Crippen LogP contribution in [0.1, 0.15) is 23.9 Å². The smallest absolute Gasteiger partial charge is 0.184 e. The minimum absolute atomic E-state index is 0.177. The predicted molar refractivity (Wildman–Crippen MR) is 84.1 cm³/mol. The van der Waals surface area contributed by atoms with Gasteiger partial charge in [0.05, 0.1) is 27.1 Å². The van der Waals surface area contributed by atoms with E-state index in [0.29, 0.717) is 28.6 Å². The number of aromatic nitrogens is 2. The zero-order chi connectivity index (χ0) is 15.8. The monoisotopic (exact) mass is 327 g/mol. The Hall–Kier alpha value is -1.53. The number of sulfone groups is 1. The predicted octanol–water partition coefficient (Wildman–Crippen LogP) is 2.73. The molecule has 0 aliphatic rings. The van der Waals surface area contributed by atoms with Gasteiger partial charge in [0.15, 0.2) is 9.84 Å². The lowest BCUT2D eigenvalue weighted by Crippen LogP contribution is -2.11. The maximum Gasteiger partial charge on any atom is 0.184 e. The second-order valence-electron chi connectivity index (χ2n) is 4.94. The molecule has 0 aliphatic carbocycles. The minimum Gasteiger partial charge on any atom is -0.399 e. The van der Waals surface area contributed by atoms with E-state index in [2.05, 4.69) is 5.10 Å². The van der Waals surface area contributed by atoms with E-state index in [1.807, 2.05) is 6.92 Å². The number of nitrogens with zero attached hydrogens (tertiary/aromatic N) is 2. The lowest BCUT2D eigenvalue weighted by molar-refractivity contribution is 0.585. The highest BCUT2D eigenvalue weighted by Gasteiger charge is 2.22. The summed E-state index contributed by atoms with van der Waals surface area (Å²) in [6.07, 6.45) is 0. The van der Waals surface area contributed by atoms with Gasteiger partial charge < -0.3 is 5.73 Å². The molecule has 114 valence electrons. The van der Waals surface area contributed by atoms with Crippen molar-refractivity contribution >= 4 is 27.1 Å². The van der Waals surface area contributed by atoms with Crippen molar-refractivity contribution in [1.29, 1.82) is 0 Å². The van der Waals surface area contributed by atoms with Crippen molar-refractivity contribution in [3.8, 4) is 0 Å². The van der Waals surface area contributed by atoms with Gasteiger partial charge in [-0.05, 0) is 44.5 Å². The Morgan fingerprint density at radius 3 is 2.57 bits per heavy atom. The molecule has 0 bridgehead atoms. The van der Waals surface area contributed by atoms with Gasteiger partial charge in [-0.3, -0.25) is 4.68 Å². The first kappa shape index (κ1) is 15.9. The Morgan fingerprint density at radius 2 is 2.00 bits per heavy atom. The SMILES string of the molecule is CCn1nc(C)c(Cl)c1CS(=O)(=O)c1ccc(N)c(C)c1. The van der Waals surface area contributed by atoms with E-state index in [4.69, 9.17) is 17.3 Å². The van der Waals surface area contributed by atoms with Gasteiger partial charge in [0, 0.05) is 12.2 Å². The number of benzene rings is 1. The third kappa shape index (κ3) is 3.06. The molecule has 0 saturated carbocycles. The van der Waals surface area contributed by atoms with E-state index in [-0.39, 0.29) is 10.6 Å². The maximum atomic E-state index is 12.6. The van der Waals surface area contributed by atoms with Crippen molar-refractivity contribution in [3.63, 3.8) is 0 Å². The van der Waals surface area contributed by atoms with Crippen LogP contribution in [0.4, 0.5) is 5.69 Å². The maximum absolute atomic E-state index is 12.6. The third-order valence-electron chi connectivity index (χ3n) is 3.38. The average Bonchev–Trinajstić information content (AvgIpc) is 2.69. The molecule has 7 heteroatoms. The van der Waals surface area contributed by atoms with Gasteiger partial charge in [-0.1, -0.05) is 11.6 Å².